The fourth-order valence-corrected chi connectivity index (χ4v) is 4.19. The van der Waals surface area contributed by atoms with E-state index < -0.39 is 0 Å². The maximum absolute atomic E-state index is 12.7. The largest absolute Gasteiger partial charge is 0.343 e. The van der Waals surface area contributed by atoms with Crippen LogP contribution < -0.4 is 0 Å². The van der Waals surface area contributed by atoms with Crippen molar-refractivity contribution in [2.24, 2.45) is 0 Å². The lowest BCUT2D eigenvalue weighted by atomic mass is 9.95. The molecule has 1 fully saturated rings. The standard InChI is InChI=1S/C22H28N6O2/c1-4-28-16(3)19(15(2)25-28)5-6-20(29)27-13-9-17(10-14-27)21-24-22(30-26-21)18-7-11-23-12-8-18/h7-8,11-12,17H,4-6,9-10,13-14H2,1-3H3. The molecule has 1 amide bonds. The van der Waals surface area contributed by atoms with Crippen LogP contribution in [0, 0.1) is 13.8 Å². The molecule has 8 heteroatoms. The predicted molar refractivity (Wildman–Crippen MR) is 112 cm³/mol. The molecule has 30 heavy (non-hydrogen) atoms. The van der Waals surface area contributed by atoms with Crippen molar-refractivity contribution in [3.63, 3.8) is 0 Å². The Kier molecular flexibility index (Phi) is 5.92. The second-order valence-electron chi connectivity index (χ2n) is 7.81. The van der Waals surface area contributed by atoms with Gasteiger partial charge in [0, 0.05) is 55.6 Å². The summed E-state index contributed by atoms with van der Waals surface area (Å²) in [4.78, 5) is 23.3. The number of carbonyl (C=O) groups excluding carboxylic acids is 1. The van der Waals surface area contributed by atoms with E-state index in [1.54, 1.807) is 12.4 Å². The van der Waals surface area contributed by atoms with Crippen molar-refractivity contribution in [3.05, 3.63) is 47.3 Å². The van der Waals surface area contributed by atoms with E-state index in [9.17, 15) is 4.79 Å². The van der Waals surface area contributed by atoms with Gasteiger partial charge >= 0.3 is 0 Å². The number of pyridine rings is 1. The molecule has 0 spiro atoms. The van der Waals surface area contributed by atoms with E-state index in [4.69, 9.17) is 4.52 Å². The van der Waals surface area contributed by atoms with Crippen LogP contribution in [0.25, 0.3) is 11.5 Å². The summed E-state index contributed by atoms with van der Waals surface area (Å²) in [5.41, 5.74) is 4.27. The lowest BCUT2D eigenvalue weighted by Crippen LogP contribution is -2.38. The summed E-state index contributed by atoms with van der Waals surface area (Å²) in [5.74, 6) is 1.68. The van der Waals surface area contributed by atoms with Crippen molar-refractivity contribution in [3.8, 4) is 11.5 Å². The summed E-state index contributed by atoms with van der Waals surface area (Å²) in [6, 6.07) is 3.71. The highest BCUT2D eigenvalue weighted by molar-refractivity contribution is 5.76. The number of aryl methyl sites for hydroxylation is 2. The quantitative estimate of drug-likeness (QED) is 0.622. The smallest absolute Gasteiger partial charge is 0.258 e. The molecule has 0 bridgehead atoms. The number of hydrogen-bond donors (Lipinski definition) is 0. The van der Waals surface area contributed by atoms with Crippen LogP contribution >= 0.6 is 0 Å². The minimum Gasteiger partial charge on any atom is -0.343 e. The first-order valence-corrected chi connectivity index (χ1v) is 10.6. The fourth-order valence-electron chi connectivity index (χ4n) is 4.19. The summed E-state index contributed by atoms with van der Waals surface area (Å²) in [6.07, 6.45) is 6.39. The molecule has 3 aromatic rings. The molecule has 4 heterocycles. The number of rotatable bonds is 6. The van der Waals surface area contributed by atoms with Gasteiger partial charge < -0.3 is 9.42 Å². The number of aromatic nitrogens is 5. The van der Waals surface area contributed by atoms with Gasteiger partial charge in [-0.2, -0.15) is 10.1 Å². The lowest BCUT2D eigenvalue weighted by molar-refractivity contribution is -0.132. The maximum Gasteiger partial charge on any atom is 0.258 e. The normalized spacial score (nSPS) is 15.0. The molecule has 1 aliphatic heterocycles. The van der Waals surface area contributed by atoms with Crippen molar-refractivity contribution in [2.45, 2.75) is 58.9 Å². The molecule has 0 N–H and O–H groups in total. The third-order valence-corrected chi connectivity index (χ3v) is 6.00. The number of nitrogens with zero attached hydrogens (tertiary/aromatic N) is 6. The Morgan fingerprint density at radius 3 is 2.60 bits per heavy atom. The summed E-state index contributed by atoms with van der Waals surface area (Å²) in [6.45, 7) is 8.51. The molecule has 4 rings (SSSR count). The van der Waals surface area contributed by atoms with Crippen LogP contribution in [-0.2, 0) is 17.8 Å². The summed E-state index contributed by atoms with van der Waals surface area (Å²) < 4.78 is 7.43. The molecule has 0 unspecified atom stereocenters. The van der Waals surface area contributed by atoms with Crippen molar-refractivity contribution in [1.29, 1.82) is 0 Å². The van der Waals surface area contributed by atoms with Gasteiger partial charge in [0.1, 0.15) is 0 Å². The molecular weight excluding hydrogens is 380 g/mol. The van der Waals surface area contributed by atoms with Gasteiger partial charge in [0.25, 0.3) is 5.89 Å². The van der Waals surface area contributed by atoms with Crippen molar-refractivity contribution in [2.75, 3.05) is 13.1 Å². The van der Waals surface area contributed by atoms with Gasteiger partial charge in [-0.15, -0.1) is 0 Å². The van der Waals surface area contributed by atoms with E-state index >= 15 is 0 Å². The Balaban J connectivity index is 1.31. The first-order valence-electron chi connectivity index (χ1n) is 10.6. The van der Waals surface area contributed by atoms with E-state index in [1.807, 2.05) is 28.6 Å². The molecule has 0 radical (unpaired) electrons. The minimum atomic E-state index is 0.210. The topological polar surface area (TPSA) is 89.9 Å². The maximum atomic E-state index is 12.7. The van der Waals surface area contributed by atoms with Gasteiger partial charge in [0.2, 0.25) is 5.91 Å². The number of carbonyl (C=O) groups is 1. The van der Waals surface area contributed by atoms with Crippen LogP contribution in [0.1, 0.15) is 54.9 Å². The molecule has 3 aromatic heterocycles. The number of likely N-dealkylation sites (tertiary alicyclic amines) is 1. The molecule has 8 nitrogen and oxygen atoms in total. The lowest BCUT2D eigenvalue weighted by Gasteiger charge is -2.30. The molecule has 158 valence electrons. The van der Waals surface area contributed by atoms with Crippen LogP contribution in [-0.4, -0.2) is 48.8 Å². The molecule has 0 aromatic carbocycles. The Labute approximate surface area is 176 Å². The van der Waals surface area contributed by atoms with E-state index in [0.717, 1.165) is 56.0 Å². The second kappa shape index (κ2) is 8.77. The highest BCUT2D eigenvalue weighted by Crippen LogP contribution is 2.28. The Bertz CT molecular complexity index is 1000. The molecule has 0 atom stereocenters. The first kappa shape index (κ1) is 20.3. The van der Waals surface area contributed by atoms with E-state index in [0.29, 0.717) is 12.3 Å². The fraction of sp³-hybridized carbons (Fsp3) is 0.500. The molecular formula is C22H28N6O2. The zero-order chi connectivity index (χ0) is 21.1. The van der Waals surface area contributed by atoms with E-state index in [2.05, 4.69) is 34.1 Å². The van der Waals surface area contributed by atoms with Crippen LogP contribution in [0.5, 0.6) is 0 Å². The van der Waals surface area contributed by atoms with Crippen molar-refractivity contribution >= 4 is 5.91 Å². The third-order valence-electron chi connectivity index (χ3n) is 6.00. The zero-order valence-electron chi connectivity index (χ0n) is 17.8. The van der Waals surface area contributed by atoms with Crippen LogP contribution in [0.15, 0.2) is 29.0 Å². The van der Waals surface area contributed by atoms with Crippen LogP contribution in [0.2, 0.25) is 0 Å². The van der Waals surface area contributed by atoms with Gasteiger partial charge in [0.15, 0.2) is 5.82 Å². The van der Waals surface area contributed by atoms with Crippen molar-refractivity contribution < 1.29 is 9.32 Å². The van der Waals surface area contributed by atoms with Gasteiger partial charge in [-0.3, -0.25) is 14.5 Å². The monoisotopic (exact) mass is 408 g/mol. The Hall–Kier alpha value is -3.03. The van der Waals surface area contributed by atoms with Crippen LogP contribution in [0.3, 0.4) is 0 Å². The molecule has 1 saturated heterocycles. The highest BCUT2D eigenvalue weighted by atomic mass is 16.5. The third kappa shape index (κ3) is 4.13. The van der Waals surface area contributed by atoms with Gasteiger partial charge in [-0.25, -0.2) is 0 Å². The van der Waals surface area contributed by atoms with Gasteiger partial charge in [0.05, 0.1) is 5.69 Å². The van der Waals surface area contributed by atoms with E-state index in [1.165, 1.54) is 11.3 Å². The minimum absolute atomic E-state index is 0.210. The van der Waals surface area contributed by atoms with Gasteiger partial charge in [-0.05, 0) is 57.7 Å². The number of piperidine rings is 1. The van der Waals surface area contributed by atoms with Gasteiger partial charge in [-0.1, -0.05) is 5.16 Å². The first-order chi connectivity index (χ1) is 14.6. The Morgan fingerprint density at radius 2 is 1.93 bits per heavy atom. The molecule has 0 aliphatic carbocycles. The average molecular weight is 409 g/mol. The number of hydrogen-bond acceptors (Lipinski definition) is 6. The average Bonchev–Trinajstić information content (AvgIpc) is 3.38. The summed E-state index contributed by atoms with van der Waals surface area (Å²) in [7, 11) is 0. The Morgan fingerprint density at radius 1 is 1.20 bits per heavy atom. The SMILES string of the molecule is CCn1nc(C)c(CCC(=O)N2CCC(c3noc(-c4ccncc4)n3)CC2)c1C. The summed E-state index contributed by atoms with van der Waals surface area (Å²) in [5, 5.41) is 8.72. The summed E-state index contributed by atoms with van der Waals surface area (Å²) >= 11 is 0. The van der Waals surface area contributed by atoms with Crippen molar-refractivity contribution in [1.82, 2.24) is 29.8 Å². The highest BCUT2D eigenvalue weighted by Gasteiger charge is 2.27. The number of amides is 1. The second-order valence-corrected chi connectivity index (χ2v) is 7.81. The predicted octanol–water partition coefficient (Wildman–Crippen LogP) is 3.30. The van der Waals surface area contributed by atoms with Crippen LogP contribution in [0.4, 0.5) is 0 Å². The van der Waals surface area contributed by atoms with E-state index in [-0.39, 0.29) is 11.8 Å². The molecule has 0 saturated carbocycles. The zero-order valence-corrected chi connectivity index (χ0v) is 17.8. The molecule has 1 aliphatic rings.